The number of thiophene rings is 1. The van der Waals surface area contributed by atoms with Crippen LogP contribution in [0.1, 0.15) is 12.8 Å². The summed E-state index contributed by atoms with van der Waals surface area (Å²) in [5.74, 6) is 2.20. The predicted molar refractivity (Wildman–Crippen MR) is 135 cm³/mol. The molecule has 0 bridgehead atoms. The number of fused-ring (bicyclic) bond motifs is 1. The van der Waals surface area contributed by atoms with E-state index in [0.717, 1.165) is 69.6 Å². The molecule has 8 nitrogen and oxygen atoms in total. The van der Waals surface area contributed by atoms with Crippen LogP contribution in [0.15, 0.2) is 55.0 Å². The van der Waals surface area contributed by atoms with E-state index in [-0.39, 0.29) is 0 Å². The average Bonchev–Trinajstić information content (AvgIpc) is 3.58. The molecule has 0 saturated carbocycles. The molecular weight excluding hydrogens is 446 g/mol. The summed E-state index contributed by atoms with van der Waals surface area (Å²) < 4.78 is 9.37. The molecule has 0 aliphatic carbocycles. The summed E-state index contributed by atoms with van der Waals surface area (Å²) in [4.78, 5) is 16.5. The first-order valence-corrected chi connectivity index (χ1v) is 12.2. The Kier molecular flexibility index (Phi) is 5.35. The lowest BCUT2D eigenvalue weighted by molar-refractivity contribution is 0.0904. The Labute approximate surface area is 201 Å². The lowest BCUT2D eigenvalue weighted by Crippen LogP contribution is -2.28. The normalized spacial score (nSPS) is 14.6. The van der Waals surface area contributed by atoms with Crippen LogP contribution in [0.4, 0.5) is 5.82 Å². The van der Waals surface area contributed by atoms with Gasteiger partial charge in [-0.05, 0) is 24.5 Å². The van der Waals surface area contributed by atoms with Crippen molar-refractivity contribution in [2.24, 2.45) is 14.1 Å². The van der Waals surface area contributed by atoms with Gasteiger partial charge in [0, 0.05) is 57.5 Å². The van der Waals surface area contributed by atoms with Crippen molar-refractivity contribution in [3.63, 3.8) is 0 Å². The number of hydrogen-bond acceptors (Lipinski definition) is 7. The highest BCUT2D eigenvalue weighted by molar-refractivity contribution is 7.22. The zero-order valence-electron chi connectivity index (χ0n) is 19.1. The first-order valence-electron chi connectivity index (χ1n) is 11.4. The fourth-order valence-corrected chi connectivity index (χ4v) is 5.58. The first-order chi connectivity index (χ1) is 16.7. The minimum atomic E-state index is 0.294. The summed E-state index contributed by atoms with van der Waals surface area (Å²) in [6.45, 7) is 1.51. The summed E-state index contributed by atoms with van der Waals surface area (Å²) in [5.41, 5.74) is 3.16. The maximum Gasteiger partial charge on any atom is 0.199 e. The Bertz CT molecular complexity index is 1450. The fraction of sp³-hybridized carbons (Fsp3) is 0.280. The Morgan fingerprint density at radius 3 is 2.56 bits per heavy atom. The molecule has 172 valence electrons. The lowest BCUT2D eigenvalue weighted by Gasteiger charge is -2.24. The molecule has 0 atom stereocenters. The van der Waals surface area contributed by atoms with Gasteiger partial charge < -0.3 is 14.6 Å². The van der Waals surface area contributed by atoms with E-state index in [0.29, 0.717) is 11.9 Å². The standard InChI is InChI=1S/C25H25N7OS/c1-31-13-11-26-24(31)23-28-22(27-17-9-14-33-15-10-17)20-19(16-6-4-3-5-7-16)21(34-25(20)29-23)18-8-12-32(2)30-18/h3-8,11-13,17H,9-10,14-15H2,1-2H3,(H,27,28,29). The van der Waals surface area contributed by atoms with Crippen molar-refractivity contribution in [2.45, 2.75) is 18.9 Å². The van der Waals surface area contributed by atoms with Crippen molar-refractivity contribution in [3.05, 3.63) is 55.0 Å². The van der Waals surface area contributed by atoms with Gasteiger partial charge in [-0.3, -0.25) is 4.68 Å². The average molecular weight is 472 g/mol. The summed E-state index contributed by atoms with van der Waals surface area (Å²) >= 11 is 1.65. The summed E-state index contributed by atoms with van der Waals surface area (Å²) in [5, 5.41) is 9.49. The summed E-state index contributed by atoms with van der Waals surface area (Å²) in [7, 11) is 3.90. The largest absolute Gasteiger partial charge is 0.381 e. The van der Waals surface area contributed by atoms with Crippen LogP contribution >= 0.6 is 11.3 Å². The van der Waals surface area contributed by atoms with Crippen LogP contribution in [0.5, 0.6) is 0 Å². The molecule has 34 heavy (non-hydrogen) atoms. The van der Waals surface area contributed by atoms with Crippen LogP contribution in [0, 0.1) is 0 Å². The second-order valence-electron chi connectivity index (χ2n) is 8.52. The number of nitrogens with one attached hydrogen (secondary N) is 1. The number of aromatic nitrogens is 6. The number of hydrogen-bond donors (Lipinski definition) is 1. The topological polar surface area (TPSA) is 82.7 Å². The number of ether oxygens (including phenoxy) is 1. The van der Waals surface area contributed by atoms with Gasteiger partial charge in [0.2, 0.25) is 0 Å². The van der Waals surface area contributed by atoms with Crippen molar-refractivity contribution in [1.82, 2.24) is 29.3 Å². The zero-order valence-corrected chi connectivity index (χ0v) is 19.9. The third kappa shape index (κ3) is 3.76. The van der Waals surface area contributed by atoms with Crippen molar-refractivity contribution in [3.8, 4) is 33.3 Å². The summed E-state index contributed by atoms with van der Waals surface area (Å²) in [6.07, 6.45) is 7.55. The van der Waals surface area contributed by atoms with E-state index < -0.39 is 0 Å². The molecular formula is C25H25N7OS. The maximum atomic E-state index is 5.59. The third-order valence-corrected chi connectivity index (χ3v) is 7.25. The van der Waals surface area contributed by atoms with Gasteiger partial charge >= 0.3 is 0 Å². The highest BCUT2D eigenvalue weighted by Crippen LogP contribution is 2.46. The number of aryl methyl sites for hydroxylation is 2. The fourth-order valence-electron chi connectivity index (χ4n) is 4.42. The predicted octanol–water partition coefficient (Wildman–Crippen LogP) is 4.75. The second-order valence-corrected chi connectivity index (χ2v) is 9.51. The van der Waals surface area contributed by atoms with E-state index in [2.05, 4.69) is 40.6 Å². The van der Waals surface area contributed by atoms with Crippen molar-refractivity contribution in [2.75, 3.05) is 18.5 Å². The number of imidazole rings is 1. The van der Waals surface area contributed by atoms with Crippen molar-refractivity contribution < 1.29 is 4.74 Å². The highest BCUT2D eigenvalue weighted by Gasteiger charge is 2.25. The Balaban J connectivity index is 1.62. The van der Waals surface area contributed by atoms with Gasteiger partial charge in [0.25, 0.3) is 0 Å². The molecule has 4 aromatic heterocycles. The number of rotatable bonds is 5. The van der Waals surface area contributed by atoms with E-state index in [1.165, 1.54) is 0 Å². The molecule has 0 spiro atoms. The van der Waals surface area contributed by atoms with Gasteiger partial charge in [0.1, 0.15) is 16.3 Å². The quantitative estimate of drug-likeness (QED) is 0.398. The van der Waals surface area contributed by atoms with E-state index >= 15 is 0 Å². The maximum absolute atomic E-state index is 5.59. The molecule has 6 rings (SSSR count). The van der Waals surface area contributed by atoms with Gasteiger partial charge in [0.05, 0.1) is 10.3 Å². The molecule has 0 amide bonds. The lowest BCUT2D eigenvalue weighted by atomic mass is 10.0. The molecule has 5 aromatic rings. The first kappa shape index (κ1) is 21.0. The Hall–Kier alpha value is -3.56. The Morgan fingerprint density at radius 1 is 1.03 bits per heavy atom. The molecule has 0 unspecified atom stereocenters. The monoisotopic (exact) mass is 471 g/mol. The zero-order chi connectivity index (χ0) is 23.1. The van der Waals surface area contributed by atoms with Crippen LogP contribution in [0.3, 0.4) is 0 Å². The molecule has 1 aliphatic rings. The SMILES string of the molecule is Cn1ccc(-c2sc3nc(-c4nccn4C)nc(NC4CCOCC4)c3c2-c2ccccc2)n1. The molecule has 1 saturated heterocycles. The third-order valence-electron chi connectivity index (χ3n) is 6.14. The van der Waals surface area contributed by atoms with Crippen LogP contribution < -0.4 is 5.32 Å². The number of nitrogens with zero attached hydrogens (tertiary/aromatic N) is 6. The van der Waals surface area contributed by atoms with Crippen LogP contribution in [0.25, 0.3) is 43.6 Å². The molecule has 1 fully saturated rings. The van der Waals surface area contributed by atoms with Crippen molar-refractivity contribution in [1.29, 1.82) is 0 Å². The highest BCUT2D eigenvalue weighted by atomic mass is 32.1. The minimum absolute atomic E-state index is 0.294. The van der Waals surface area contributed by atoms with E-state index in [9.17, 15) is 0 Å². The van der Waals surface area contributed by atoms with Crippen LogP contribution in [-0.4, -0.2) is 48.6 Å². The summed E-state index contributed by atoms with van der Waals surface area (Å²) in [6, 6.07) is 12.8. The molecule has 5 heterocycles. The molecule has 9 heteroatoms. The van der Waals surface area contributed by atoms with Gasteiger partial charge in [-0.25, -0.2) is 15.0 Å². The second kappa shape index (κ2) is 8.66. The number of benzene rings is 1. The van der Waals surface area contributed by atoms with E-state index in [4.69, 9.17) is 19.8 Å². The van der Waals surface area contributed by atoms with E-state index in [1.807, 2.05) is 41.8 Å². The number of anilines is 1. The smallest absolute Gasteiger partial charge is 0.199 e. The Morgan fingerprint density at radius 2 is 1.85 bits per heavy atom. The van der Waals surface area contributed by atoms with Crippen molar-refractivity contribution >= 4 is 27.4 Å². The molecule has 1 aliphatic heterocycles. The van der Waals surface area contributed by atoms with Gasteiger partial charge in [-0.2, -0.15) is 5.10 Å². The van der Waals surface area contributed by atoms with E-state index in [1.54, 1.807) is 17.5 Å². The molecule has 1 aromatic carbocycles. The van der Waals surface area contributed by atoms with Gasteiger partial charge in [-0.15, -0.1) is 11.3 Å². The van der Waals surface area contributed by atoms with Crippen LogP contribution in [-0.2, 0) is 18.8 Å². The van der Waals surface area contributed by atoms with Gasteiger partial charge in [-0.1, -0.05) is 30.3 Å². The van der Waals surface area contributed by atoms with Crippen LogP contribution in [0.2, 0.25) is 0 Å². The minimum Gasteiger partial charge on any atom is -0.381 e. The molecule has 0 radical (unpaired) electrons. The van der Waals surface area contributed by atoms with Gasteiger partial charge in [0.15, 0.2) is 11.6 Å². The molecule has 1 N–H and O–H groups in total.